The summed E-state index contributed by atoms with van der Waals surface area (Å²) in [5.41, 5.74) is -0.446. The second-order valence-corrected chi connectivity index (χ2v) is 5.46. The number of aliphatic hydroxyl groups excluding tert-OH is 1. The van der Waals surface area contributed by atoms with Gasteiger partial charge in [-0.2, -0.15) is 0 Å². The van der Waals surface area contributed by atoms with Gasteiger partial charge in [0.15, 0.2) is 17.4 Å². The van der Waals surface area contributed by atoms with E-state index < -0.39 is 23.3 Å². The fourth-order valence-corrected chi connectivity index (χ4v) is 2.38. The lowest BCUT2D eigenvalue weighted by molar-refractivity contribution is 0.0428. The molecule has 1 aliphatic rings. The van der Waals surface area contributed by atoms with Gasteiger partial charge in [-0.3, -0.25) is 4.79 Å². The monoisotopic (exact) mass is 309 g/mol. The Labute approximate surface area is 127 Å². The quantitative estimate of drug-likeness (QED) is 0.789. The summed E-state index contributed by atoms with van der Waals surface area (Å²) in [5, 5.41) is 11.9. The SMILES string of the molecule is C#CCOc1c(F)cc(C(=O)NCC2(CO)CCC2)cc1F. The Bertz CT molecular complexity index is 577. The van der Waals surface area contributed by atoms with Crippen LogP contribution < -0.4 is 10.1 Å². The van der Waals surface area contributed by atoms with Gasteiger partial charge in [0.2, 0.25) is 0 Å². The van der Waals surface area contributed by atoms with Gasteiger partial charge in [0, 0.05) is 17.5 Å². The molecule has 0 aliphatic heterocycles. The maximum absolute atomic E-state index is 13.8. The first-order valence-electron chi connectivity index (χ1n) is 6.96. The zero-order valence-electron chi connectivity index (χ0n) is 12.0. The molecule has 1 aromatic rings. The van der Waals surface area contributed by atoms with Crippen LogP contribution >= 0.6 is 0 Å². The summed E-state index contributed by atoms with van der Waals surface area (Å²) in [6.45, 7) is -0.00577. The highest BCUT2D eigenvalue weighted by Crippen LogP contribution is 2.39. The van der Waals surface area contributed by atoms with Gasteiger partial charge in [-0.1, -0.05) is 12.3 Å². The Balaban J connectivity index is 2.05. The number of hydrogen-bond donors (Lipinski definition) is 2. The zero-order chi connectivity index (χ0) is 16.2. The number of benzene rings is 1. The second-order valence-electron chi connectivity index (χ2n) is 5.46. The van der Waals surface area contributed by atoms with Crippen LogP contribution in [0.4, 0.5) is 8.78 Å². The van der Waals surface area contributed by atoms with Crippen LogP contribution in [0.5, 0.6) is 5.75 Å². The third-order valence-corrected chi connectivity index (χ3v) is 3.93. The van der Waals surface area contributed by atoms with E-state index in [9.17, 15) is 18.7 Å². The lowest BCUT2D eigenvalue weighted by atomic mass is 9.69. The van der Waals surface area contributed by atoms with Gasteiger partial charge in [0.05, 0.1) is 6.61 Å². The third-order valence-electron chi connectivity index (χ3n) is 3.93. The smallest absolute Gasteiger partial charge is 0.251 e. The number of amides is 1. The molecule has 0 aromatic heterocycles. The highest BCUT2D eigenvalue weighted by atomic mass is 19.1. The van der Waals surface area contributed by atoms with E-state index in [0.717, 1.165) is 31.4 Å². The minimum atomic E-state index is -0.985. The van der Waals surface area contributed by atoms with Crippen LogP contribution in [-0.4, -0.2) is 30.8 Å². The van der Waals surface area contributed by atoms with Gasteiger partial charge in [-0.25, -0.2) is 8.78 Å². The van der Waals surface area contributed by atoms with Crippen molar-refractivity contribution in [3.05, 3.63) is 29.3 Å². The summed E-state index contributed by atoms with van der Waals surface area (Å²) in [7, 11) is 0. The zero-order valence-corrected chi connectivity index (χ0v) is 12.0. The van der Waals surface area contributed by atoms with Crippen molar-refractivity contribution in [3.63, 3.8) is 0 Å². The van der Waals surface area contributed by atoms with Crippen LogP contribution in [0.25, 0.3) is 0 Å². The average molecular weight is 309 g/mol. The fraction of sp³-hybridized carbons (Fsp3) is 0.438. The van der Waals surface area contributed by atoms with Crippen molar-refractivity contribution in [1.82, 2.24) is 5.32 Å². The number of carbonyl (C=O) groups excluding carboxylic acids is 1. The van der Waals surface area contributed by atoms with Crippen LogP contribution in [0.15, 0.2) is 12.1 Å². The molecule has 0 saturated heterocycles. The van der Waals surface area contributed by atoms with Crippen molar-refractivity contribution in [2.24, 2.45) is 5.41 Å². The Morgan fingerprint density at radius 2 is 2.05 bits per heavy atom. The summed E-state index contributed by atoms with van der Waals surface area (Å²) < 4.78 is 32.3. The molecule has 4 nitrogen and oxygen atoms in total. The van der Waals surface area contributed by atoms with Crippen LogP contribution in [0.2, 0.25) is 0 Å². The molecule has 22 heavy (non-hydrogen) atoms. The van der Waals surface area contributed by atoms with E-state index in [-0.39, 0.29) is 30.7 Å². The van der Waals surface area contributed by atoms with Gasteiger partial charge in [0.1, 0.15) is 6.61 Å². The number of rotatable bonds is 6. The molecule has 0 radical (unpaired) electrons. The second kappa shape index (κ2) is 6.75. The van der Waals surface area contributed by atoms with E-state index in [1.54, 1.807) is 0 Å². The summed E-state index contributed by atoms with van der Waals surface area (Å²) in [4.78, 5) is 12.0. The van der Waals surface area contributed by atoms with E-state index in [2.05, 4.69) is 11.2 Å². The summed E-state index contributed by atoms with van der Waals surface area (Å²) in [6, 6.07) is 1.80. The first kappa shape index (κ1) is 16.2. The molecule has 2 rings (SSSR count). The minimum Gasteiger partial charge on any atom is -0.475 e. The van der Waals surface area contributed by atoms with Crippen molar-refractivity contribution in [2.45, 2.75) is 19.3 Å². The van der Waals surface area contributed by atoms with E-state index in [1.807, 2.05) is 0 Å². The number of carbonyl (C=O) groups is 1. The first-order chi connectivity index (χ1) is 10.5. The summed E-state index contributed by atoms with van der Waals surface area (Å²) in [6.07, 6.45) is 7.61. The molecule has 1 fully saturated rings. The predicted octanol–water partition coefficient (Wildman–Crippen LogP) is 1.87. The molecule has 1 saturated carbocycles. The van der Waals surface area contributed by atoms with Crippen molar-refractivity contribution in [2.75, 3.05) is 19.8 Å². The van der Waals surface area contributed by atoms with Crippen LogP contribution in [0, 0.1) is 29.4 Å². The topological polar surface area (TPSA) is 58.6 Å². The Kier molecular flexibility index (Phi) is 4.99. The van der Waals surface area contributed by atoms with Crippen LogP contribution in [-0.2, 0) is 0 Å². The number of aliphatic hydroxyl groups is 1. The normalized spacial score (nSPS) is 15.5. The van der Waals surface area contributed by atoms with Crippen LogP contribution in [0.3, 0.4) is 0 Å². The van der Waals surface area contributed by atoms with Crippen LogP contribution in [0.1, 0.15) is 29.6 Å². The first-order valence-corrected chi connectivity index (χ1v) is 6.96. The van der Waals surface area contributed by atoms with E-state index in [1.165, 1.54) is 0 Å². The lowest BCUT2D eigenvalue weighted by Gasteiger charge is -2.40. The molecule has 6 heteroatoms. The molecule has 1 amide bonds. The number of ether oxygens (including phenoxy) is 1. The molecule has 2 N–H and O–H groups in total. The van der Waals surface area contributed by atoms with Crippen molar-refractivity contribution in [3.8, 4) is 18.1 Å². The molecule has 118 valence electrons. The number of nitrogens with one attached hydrogen (secondary N) is 1. The van der Waals surface area contributed by atoms with Gasteiger partial charge in [-0.15, -0.1) is 6.42 Å². The van der Waals surface area contributed by atoms with E-state index >= 15 is 0 Å². The fourth-order valence-electron chi connectivity index (χ4n) is 2.38. The van der Waals surface area contributed by atoms with Crippen molar-refractivity contribution in [1.29, 1.82) is 0 Å². The van der Waals surface area contributed by atoms with Gasteiger partial charge in [0.25, 0.3) is 5.91 Å². The van der Waals surface area contributed by atoms with E-state index in [4.69, 9.17) is 11.2 Å². The number of hydrogen-bond acceptors (Lipinski definition) is 3. The molecule has 0 atom stereocenters. The Hall–Kier alpha value is -2.13. The summed E-state index contributed by atoms with van der Waals surface area (Å²) >= 11 is 0. The third kappa shape index (κ3) is 3.37. The summed E-state index contributed by atoms with van der Waals surface area (Å²) in [5.74, 6) is -1.06. The van der Waals surface area contributed by atoms with Crippen molar-refractivity contribution < 1.29 is 23.4 Å². The standard InChI is InChI=1S/C16H17F2NO3/c1-2-6-22-14-12(17)7-11(8-13(14)18)15(21)19-9-16(10-20)4-3-5-16/h1,7-8,20H,3-6,9-10H2,(H,19,21). The number of halogens is 2. The molecule has 0 heterocycles. The Morgan fingerprint density at radius 3 is 2.50 bits per heavy atom. The highest BCUT2D eigenvalue weighted by Gasteiger charge is 2.36. The molecular formula is C16H17F2NO3. The van der Waals surface area contributed by atoms with Crippen molar-refractivity contribution >= 4 is 5.91 Å². The predicted molar refractivity (Wildman–Crippen MR) is 76.4 cm³/mol. The number of terminal acetylenes is 1. The largest absolute Gasteiger partial charge is 0.475 e. The molecular weight excluding hydrogens is 292 g/mol. The van der Waals surface area contributed by atoms with Gasteiger partial charge >= 0.3 is 0 Å². The molecule has 1 aliphatic carbocycles. The Morgan fingerprint density at radius 1 is 1.41 bits per heavy atom. The molecule has 0 spiro atoms. The molecule has 1 aromatic carbocycles. The molecule has 0 bridgehead atoms. The van der Waals surface area contributed by atoms with Gasteiger partial charge < -0.3 is 15.2 Å². The van der Waals surface area contributed by atoms with Gasteiger partial charge in [-0.05, 0) is 25.0 Å². The maximum atomic E-state index is 13.8. The maximum Gasteiger partial charge on any atom is 0.251 e. The average Bonchev–Trinajstić information content (AvgIpc) is 2.45. The minimum absolute atomic E-state index is 0.0190. The molecule has 0 unspecified atom stereocenters. The van der Waals surface area contributed by atoms with E-state index in [0.29, 0.717) is 0 Å². The highest BCUT2D eigenvalue weighted by molar-refractivity contribution is 5.94. The lowest BCUT2D eigenvalue weighted by Crippen LogP contribution is -2.44.